The van der Waals surface area contributed by atoms with Crippen LogP contribution in [0.25, 0.3) is 0 Å². The first kappa shape index (κ1) is 14.5. The van der Waals surface area contributed by atoms with Gasteiger partial charge in [-0.3, -0.25) is 4.90 Å². The van der Waals surface area contributed by atoms with Gasteiger partial charge >= 0.3 is 0 Å². The largest absolute Gasteiger partial charge is 0.330 e. The summed E-state index contributed by atoms with van der Waals surface area (Å²) in [7, 11) is 0. The smallest absolute Gasteiger partial charge is 0.0709 e. The lowest BCUT2D eigenvalue weighted by molar-refractivity contribution is 0.155. The molecule has 0 aromatic rings. The monoisotopic (exact) mass is 210 g/mol. The minimum absolute atomic E-state index is 0.152. The lowest BCUT2D eigenvalue weighted by Crippen LogP contribution is -2.43. The second kappa shape index (κ2) is 6.87. The normalized spacial score (nSPS) is 13.9. The van der Waals surface area contributed by atoms with Gasteiger partial charge in [0.25, 0.3) is 0 Å². The van der Waals surface area contributed by atoms with E-state index >= 15 is 0 Å². The van der Waals surface area contributed by atoms with Gasteiger partial charge in [0.2, 0.25) is 0 Å². The highest BCUT2D eigenvalue weighted by atomic mass is 15.2. The first-order valence-corrected chi connectivity index (χ1v) is 5.91. The van der Waals surface area contributed by atoms with E-state index in [0.717, 1.165) is 25.9 Å². The number of rotatable bonds is 7. The molecule has 0 fully saturated rings. The molecule has 1 unspecified atom stereocenters. The molecule has 2 nitrogen and oxygen atoms in total. The van der Waals surface area contributed by atoms with Crippen LogP contribution in [0, 0.1) is 17.8 Å². The van der Waals surface area contributed by atoms with Crippen molar-refractivity contribution in [2.75, 3.05) is 19.6 Å². The fourth-order valence-electron chi connectivity index (χ4n) is 1.73. The maximum Gasteiger partial charge on any atom is 0.0709 e. The van der Waals surface area contributed by atoms with E-state index in [2.05, 4.69) is 38.5 Å². The number of nitrogens with zero attached hydrogens (tertiary/aromatic N) is 1. The summed E-state index contributed by atoms with van der Waals surface area (Å²) in [4.78, 5) is 2.38. The van der Waals surface area contributed by atoms with Crippen LogP contribution in [0.3, 0.4) is 0 Å². The van der Waals surface area contributed by atoms with Crippen LogP contribution in [0.1, 0.15) is 40.5 Å². The number of hydrogen-bond donors (Lipinski definition) is 1. The quantitative estimate of drug-likeness (QED) is 0.652. The average molecular weight is 210 g/mol. The van der Waals surface area contributed by atoms with E-state index in [9.17, 15) is 0 Å². The predicted octanol–water partition coefficient (Wildman–Crippen LogP) is 2.10. The van der Waals surface area contributed by atoms with Crippen LogP contribution in [0.2, 0.25) is 0 Å². The number of nitrogens with two attached hydrogens (primary N) is 1. The molecule has 2 N–H and O–H groups in total. The Morgan fingerprint density at radius 3 is 2.33 bits per heavy atom. The molecule has 0 spiro atoms. The molecule has 0 rings (SSSR count). The van der Waals surface area contributed by atoms with Gasteiger partial charge in [-0.15, -0.1) is 6.42 Å². The van der Waals surface area contributed by atoms with Gasteiger partial charge in [-0.25, -0.2) is 0 Å². The van der Waals surface area contributed by atoms with Crippen molar-refractivity contribution in [1.82, 2.24) is 4.90 Å². The molecule has 0 aliphatic rings. The van der Waals surface area contributed by atoms with Crippen LogP contribution in [0.5, 0.6) is 0 Å². The molecule has 0 aromatic heterocycles. The van der Waals surface area contributed by atoms with Crippen molar-refractivity contribution >= 4 is 0 Å². The fourth-order valence-corrected chi connectivity index (χ4v) is 1.73. The van der Waals surface area contributed by atoms with Crippen molar-refractivity contribution in [3.63, 3.8) is 0 Å². The van der Waals surface area contributed by atoms with E-state index in [0.29, 0.717) is 6.54 Å². The van der Waals surface area contributed by atoms with E-state index in [-0.39, 0.29) is 11.5 Å². The summed E-state index contributed by atoms with van der Waals surface area (Å²) < 4.78 is 0. The first-order valence-electron chi connectivity index (χ1n) is 5.91. The van der Waals surface area contributed by atoms with Crippen molar-refractivity contribution < 1.29 is 0 Å². The zero-order chi connectivity index (χ0) is 11.9. The van der Waals surface area contributed by atoms with Gasteiger partial charge in [0.05, 0.1) is 6.04 Å². The highest BCUT2D eigenvalue weighted by Crippen LogP contribution is 2.17. The zero-order valence-electron chi connectivity index (χ0n) is 10.7. The Bertz CT molecular complexity index is 203. The SMILES string of the molecule is C#CC(CC)N(CCC)CC(C)(C)CN. The topological polar surface area (TPSA) is 29.3 Å². The van der Waals surface area contributed by atoms with E-state index < -0.39 is 0 Å². The van der Waals surface area contributed by atoms with E-state index in [1.54, 1.807) is 0 Å². The Labute approximate surface area is 95.2 Å². The van der Waals surface area contributed by atoms with Gasteiger partial charge in [0.15, 0.2) is 0 Å². The van der Waals surface area contributed by atoms with Crippen LogP contribution in [-0.2, 0) is 0 Å². The third-order valence-electron chi connectivity index (χ3n) is 2.71. The summed E-state index contributed by atoms with van der Waals surface area (Å²) in [5.41, 5.74) is 5.91. The lowest BCUT2D eigenvalue weighted by Gasteiger charge is -2.34. The predicted molar refractivity (Wildman–Crippen MR) is 67.6 cm³/mol. The molecule has 2 heteroatoms. The second-order valence-corrected chi connectivity index (χ2v) is 4.93. The van der Waals surface area contributed by atoms with Gasteiger partial charge in [-0.2, -0.15) is 0 Å². The molecule has 0 saturated carbocycles. The second-order valence-electron chi connectivity index (χ2n) is 4.93. The zero-order valence-corrected chi connectivity index (χ0v) is 10.7. The maximum absolute atomic E-state index is 5.76. The van der Waals surface area contributed by atoms with Gasteiger partial charge < -0.3 is 5.73 Å². The van der Waals surface area contributed by atoms with Gasteiger partial charge in [0, 0.05) is 6.54 Å². The molecule has 0 bridgehead atoms. The van der Waals surface area contributed by atoms with Crippen LogP contribution >= 0.6 is 0 Å². The van der Waals surface area contributed by atoms with E-state index in [4.69, 9.17) is 12.2 Å². The van der Waals surface area contributed by atoms with Crippen LogP contribution in [0.15, 0.2) is 0 Å². The van der Waals surface area contributed by atoms with Crippen molar-refractivity contribution in [2.45, 2.75) is 46.6 Å². The summed E-state index contributed by atoms with van der Waals surface area (Å²) in [5, 5.41) is 0. The number of hydrogen-bond acceptors (Lipinski definition) is 2. The van der Waals surface area contributed by atoms with Crippen molar-refractivity contribution in [3.05, 3.63) is 0 Å². The summed E-state index contributed by atoms with van der Waals surface area (Å²) in [6.45, 7) is 11.5. The van der Waals surface area contributed by atoms with Gasteiger partial charge in [-0.1, -0.05) is 33.6 Å². The van der Waals surface area contributed by atoms with E-state index in [1.807, 2.05) is 0 Å². The van der Waals surface area contributed by atoms with E-state index in [1.165, 1.54) is 0 Å². The van der Waals surface area contributed by atoms with Crippen molar-refractivity contribution in [2.24, 2.45) is 11.1 Å². The summed E-state index contributed by atoms with van der Waals surface area (Å²) in [6.07, 6.45) is 7.70. The number of terminal acetylenes is 1. The molecular formula is C13H26N2. The Morgan fingerprint density at radius 2 is 2.00 bits per heavy atom. The molecule has 0 amide bonds. The molecule has 0 heterocycles. The molecule has 15 heavy (non-hydrogen) atoms. The van der Waals surface area contributed by atoms with Gasteiger partial charge in [0.1, 0.15) is 0 Å². The molecule has 0 aliphatic heterocycles. The Balaban J connectivity index is 4.46. The summed E-state index contributed by atoms with van der Waals surface area (Å²) in [5.74, 6) is 2.87. The molecule has 88 valence electrons. The van der Waals surface area contributed by atoms with Crippen molar-refractivity contribution in [1.29, 1.82) is 0 Å². The molecule has 0 saturated heterocycles. The summed E-state index contributed by atoms with van der Waals surface area (Å²) >= 11 is 0. The average Bonchev–Trinajstić information content (AvgIpc) is 2.19. The van der Waals surface area contributed by atoms with Crippen LogP contribution < -0.4 is 5.73 Å². The Kier molecular flexibility index (Phi) is 6.63. The lowest BCUT2D eigenvalue weighted by atomic mass is 9.92. The molecule has 0 radical (unpaired) electrons. The minimum atomic E-state index is 0.152. The third kappa shape index (κ3) is 5.20. The standard InChI is InChI=1S/C13H26N2/c1-6-9-15(12(7-2)8-3)11-13(4,5)10-14/h2,12H,6,8-11,14H2,1,3-5H3. The highest BCUT2D eigenvalue weighted by molar-refractivity contribution is 5.00. The van der Waals surface area contributed by atoms with Crippen LogP contribution in [-0.4, -0.2) is 30.6 Å². The van der Waals surface area contributed by atoms with Crippen LogP contribution in [0.4, 0.5) is 0 Å². The molecular weight excluding hydrogens is 184 g/mol. The molecule has 1 atom stereocenters. The van der Waals surface area contributed by atoms with Gasteiger partial charge in [-0.05, 0) is 31.3 Å². The molecule has 0 aliphatic carbocycles. The molecule has 0 aromatic carbocycles. The highest BCUT2D eigenvalue weighted by Gasteiger charge is 2.23. The van der Waals surface area contributed by atoms with Crippen molar-refractivity contribution in [3.8, 4) is 12.3 Å². The Hall–Kier alpha value is -0.520. The Morgan fingerprint density at radius 1 is 1.40 bits per heavy atom. The maximum atomic E-state index is 5.76. The minimum Gasteiger partial charge on any atom is -0.330 e. The fraction of sp³-hybridized carbons (Fsp3) is 0.846. The summed E-state index contributed by atoms with van der Waals surface area (Å²) in [6, 6.07) is 0.260. The third-order valence-corrected chi connectivity index (χ3v) is 2.71. The first-order chi connectivity index (χ1) is 7.00.